The summed E-state index contributed by atoms with van der Waals surface area (Å²) in [5.41, 5.74) is 2.00. The summed E-state index contributed by atoms with van der Waals surface area (Å²) in [4.78, 5) is 23.2. The third kappa shape index (κ3) is 8.48. The number of nitrogens with one attached hydrogen (secondary N) is 1. The fraction of sp³-hybridized carbons (Fsp3) is 0.188. The van der Waals surface area contributed by atoms with Crippen LogP contribution in [0.25, 0.3) is 22.6 Å². The van der Waals surface area contributed by atoms with Crippen LogP contribution in [0.2, 0.25) is 0 Å². The average molecular weight is 562 g/mol. The molecule has 0 aliphatic carbocycles. The summed E-state index contributed by atoms with van der Waals surface area (Å²) in [6, 6.07) is 3.74. The van der Waals surface area contributed by atoms with Crippen molar-refractivity contribution in [2.24, 2.45) is 14.1 Å². The number of aromatic nitrogens is 7. The summed E-state index contributed by atoms with van der Waals surface area (Å²) in [5.74, 6) is 0.157. The van der Waals surface area contributed by atoms with E-state index in [0.29, 0.717) is 29.1 Å². The topological polar surface area (TPSA) is 283 Å². The molecule has 0 amide bonds. The molecule has 0 fully saturated rings. The van der Waals surface area contributed by atoms with Gasteiger partial charge in [0.25, 0.3) is 0 Å². The summed E-state index contributed by atoms with van der Waals surface area (Å²) in [7, 11) is -6.08. The van der Waals surface area contributed by atoms with Crippen LogP contribution in [0.15, 0.2) is 37.1 Å². The number of nitro groups is 1. The Bertz CT molecular complexity index is 1650. The molecule has 5 N–H and O–H groups in total. The van der Waals surface area contributed by atoms with Crippen LogP contribution < -0.4 is 5.49 Å². The lowest BCUT2D eigenvalue weighted by Crippen LogP contribution is -2.22. The highest BCUT2D eigenvalue weighted by atomic mass is 32.3. The second-order valence-electron chi connectivity index (χ2n) is 6.90. The molecule has 0 radical (unpaired) electrons. The molecule has 19 nitrogen and oxygen atoms in total. The van der Waals surface area contributed by atoms with E-state index in [9.17, 15) is 10.1 Å². The lowest BCUT2D eigenvalue weighted by molar-refractivity contribution is -0.391. The molecule has 0 aromatic carbocycles. The smallest absolute Gasteiger partial charge is 0.358 e. The van der Waals surface area contributed by atoms with Gasteiger partial charge in [-0.2, -0.15) is 21.9 Å². The van der Waals surface area contributed by atoms with Gasteiger partial charge < -0.3 is 14.7 Å². The molecule has 4 heterocycles. The molecule has 4 rings (SSSR count). The number of aryl methyl sites for hydroxylation is 1. The largest absolute Gasteiger partial charge is 0.394 e. The van der Waals surface area contributed by atoms with Gasteiger partial charge in [0.1, 0.15) is 11.7 Å². The molecule has 0 saturated heterocycles. The molecule has 0 atom stereocenters. The van der Waals surface area contributed by atoms with Gasteiger partial charge >= 0.3 is 26.6 Å². The Morgan fingerprint density at radius 2 is 1.65 bits per heavy atom. The number of fused-ring (bicyclic) bond motifs is 1. The van der Waals surface area contributed by atoms with E-state index in [-0.39, 0.29) is 11.3 Å². The molecular weight excluding hydrogens is 542 g/mol. The number of nitrogens with zero attached hydrogens (tertiary/aromatic N) is 8. The lowest BCUT2D eigenvalue weighted by atomic mass is 10.2. The van der Waals surface area contributed by atoms with Gasteiger partial charge in [-0.3, -0.25) is 28.6 Å². The van der Waals surface area contributed by atoms with Crippen LogP contribution in [0.3, 0.4) is 0 Å². The van der Waals surface area contributed by atoms with Crippen LogP contribution in [-0.2, 0) is 41.4 Å². The third-order valence-electron chi connectivity index (χ3n) is 4.30. The molecule has 0 aliphatic heterocycles. The van der Waals surface area contributed by atoms with Crippen LogP contribution in [-0.4, -0.2) is 73.8 Å². The molecule has 0 spiro atoms. The van der Waals surface area contributed by atoms with E-state index in [4.69, 9.17) is 40.5 Å². The van der Waals surface area contributed by atoms with Gasteiger partial charge in [-0.1, -0.05) is 6.07 Å². The van der Waals surface area contributed by atoms with E-state index in [2.05, 4.69) is 20.1 Å². The summed E-state index contributed by atoms with van der Waals surface area (Å²) in [5, 5.41) is 24.6. The second kappa shape index (κ2) is 11.3. The molecule has 200 valence electrons. The van der Waals surface area contributed by atoms with Crippen molar-refractivity contribution in [1.82, 2.24) is 33.9 Å². The Morgan fingerprint density at radius 3 is 2.14 bits per heavy atom. The minimum absolute atomic E-state index is 0.150. The van der Waals surface area contributed by atoms with Crippen LogP contribution >= 0.6 is 0 Å². The zero-order chi connectivity index (χ0) is 28.1. The molecule has 0 aliphatic rings. The molecule has 0 bridgehead atoms. The Morgan fingerprint density at radius 1 is 1.05 bits per heavy atom. The molecule has 37 heavy (non-hydrogen) atoms. The second-order valence-corrected chi connectivity index (χ2v) is 8.70. The maximum Gasteiger partial charge on any atom is 0.394 e. The number of pyridine rings is 1. The first-order valence-electron chi connectivity index (χ1n) is 9.39. The van der Waals surface area contributed by atoms with Crippen molar-refractivity contribution < 1.29 is 40.0 Å². The number of rotatable bonds is 4. The van der Waals surface area contributed by atoms with Crippen molar-refractivity contribution in [2.45, 2.75) is 6.54 Å². The van der Waals surface area contributed by atoms with E-state index in [1.54, 1.807) is 37.4 Å². The van der Waals surface area contributed by atoms with Crippen molar-refractivity contribution >= 4 is 37.6 Å². The maximum atomic E-state index is 11.1. The predicted octanol–water partition coefficient (Wildman–Crippen LogP) is -0.304. The standard InChI is InChI=1S/C16H15N9O2.2H2O4S/c1-22-11(25(26)27)7-19-16(22)13-12-14(17)24(8-10-4-3-5-18-6-10)9-20-15(12)23(2)21-13;2*1-5(2,3)4/h3-7,9,17H,8H2,1-2H3;2*(H2,1,2,3,4). The van der Waals surface area contributed by atoms with Gasteiger partial charge in [-0.05, 0) is 16.6 Å². The number of imidazole rings is 1. The van der Waals surface area contributed by atoms with Crippen LogP contribution in [0, 0.1) is 15.5 Å². The van der Waals surface area contributed by atoms with E-state index in [1.165, 1.54) is 15.4 Å². The van der Waals surface area contributed by atoms with Gasteiger partial charge in [-0.25, -0.2) is 19.2 Å². The van der Waals surface area contributed by atoms with Gasteiger partial charge in [-0.15, -0.1) is 0 Å². The average Bonchev–Trinajstić information content (AvgIpc) is 3.28. The Balaban J connectivity index is 0.000000412. The van der Waals surface area contributed by atoms with Gasteiger partial charge in [0.2, 0.25) is 5.82 Å². The van der Waals surface area contributed by atoms with Crippen molar-refractivity contribution in [2.75, 3.05) is 0 Å². The Labute approximate surface area is 207 Å². The lowest BCUT2D eigenvalue weighted by Gasteiger charge is -2.07. The summed E-state index contributed by atoms with van der Waals surface area (Å²) in [6.07, 6.45) is 6.16. The minimum atomic E-state index is -4.67. The van der Waals surface area contributed by atoms with E-state index >= 15 is 0 Å². The van der Waals surface area contributed by atoms with Crippen molar-refractivity contribution in [3.8, 4) is 11.5 Å². The molecule has 4 aromatic heterocycles. The SMILES string of the molecule is Cn1c([N+](=O)[O-])cnc1-c1nn(C)c2ncn(Cc3cccnc3)c(=N)c12.O=S(=O)(O)O.O=S(=O)(O)O. The third-order valence-corrected chi connectivity index (χ3v) is 4.30. The summed E-state index contributed by atoms with van der Waals surface area (Å²) >= 11 is 0. The number of hydrogen-bond acceptors (Lipinski definition) is 11. The van der Waals surface area contributed by atoms with Crippen molar-refractivity contribution in [3.05, 3.63) is 58.2 Å². The van der Waals surface area contributed by atoms with Gasteiger partial charge in [0.15, 0.2) is 11.3 Å². The van der Waals surface area contributed by atoms with E-state index in [0.717, 1.165) is 5.56 Å². The van der Waals surface area contributed by atoms with Crippen molar-refractivity contribution in [3.63, 3.8) is 0 Å². The highest BCUT2D eigenvalue weighted by Gasteiger charge is 2.25. The van der Waals surface area contributed by atoms with Crippen molar-refractivity contribution in [1.29, 1.82) is 5.41 Å². The van der Waals surface area contributed by atoms with Crippen LogP contribution in [0.1, 0.15) is 5.56 Å². The molecule has 0 saturated carbocycles. The Kier molecular flexibility index (Phi) is 8.86. The summed E-state index contributed by atoms with van der Waals surface area (Å²) < 4.78 is 67.7. The highest BCUT2D eigenvalue weighted by Crippen LogP contribution is 2.25. The normalized spacial score (nSPS) is 11.3. The molecule has 21 heteroatoms. The highest BCUT2D eigenvalue weighted by molar-refractivity contribution is 7.80. The zero-order valence-electron chi connectivity index (χ0n) is 18.8. The first kappa shape index (κ1) is 29.1. The first-order valence-corrected chi connectivity index (χ1v) is 12.2. The van der Waals surface area contributed by atoms with Crippen LogP contribution in [0.4, 0.5) is 5.82 Å². The fourth-order valence-electron chi connectivity index (χ4n) is 2.96. The van der Waals surface area contributed by atoms with E-state index in [1.807, 2.05) is 12.1 Å². The van der Waals surface area contributed by atoms with E-state index < -0.39 is 25.7 Å². The molecular formula is C16H19N9O10S2. The van der Waals surface area contributed by atoms with Crippen LogP contribution in [0.5, 0.6) is 0 Å². The fourth-order valence-corrected chi connectivity index (χ4v) is 2.96. The predicted molar refractivity (Wildman–Crippen MR) is 123 cm³/mol. The minimum Gasteiger partial charge on any atom is -0.358 e. The quantitative estimate of drug-likeness (QED) is 0.121. The zero-order valence-corrected chi connectivity index (χ0v) is 20.4. The summed E-state index contributed by atoms with van der Waals surface area (Å²) in [6.45, 7) is 0.421. The number of hydrogen-bond donors (Lipinski definition) is 5. The van der Waals surface area contributed by atoms with Gasteiger partial charge in [0, 0.05) is 19.4 Å². The first-order chi connectivity index (χ1) is 17.0. The Hall–Kier alpha value is -4.15. The molecule has 4 aromatic rings. The van der Waals surface area contributed by atoms with Gasteiger partial charge in [0.05, 0.1) is 25.3 Å². The molecule has 0 unspecified atom stereocenters. The maximum absolute atomic E-state index is 11.1. The monoisotopic (exact) mass is 561 g/mol.